The fourth-order valence-electron chi connectivity index (χ4n) is 1.80. The molecule has 0 heterocycles. The second kappa shape index (κ2) is 7.53. The summed E-state index contributed by atoms with van der Waals surface area (Å²) in [6.07, 6.45) is 0.290. The zero-order valence-electron chi connectivity index (χ0n) is 13.0. The summed E-state index contributed by atoms with van der Waals surface area (Å²) in [6, 6.07) is 9.34. The molecule has 1 unspecified atom stereocenters. The van der Waals surface area contributed by atoms with Crippen LogP contribution in [0, 0.1) is 11.3 Å². The summed E-state index contributed by atoms with van der Waals surface area (Å²) in [6.45, 7) is 5.40. The molecule has 21 heavy (non-hydrogen) atoms. The molecule has 5 heteroatoms. The van der Waals surface area contributed by atoms with E-state index in [0.717, 1.165) is 11.3 Å². The van der Waals surface area contributed by atoms with E-state index in [2.05, 4.69) is 11.4 Å². The Morgan fingerprint density at radius 1 is 1.33 bits per heavy atom. The molecule has 1 amide bonds. The van der Waals surface area contributed by atoms with Crippen LogP contribution in [0.1, 0.15) is 32.8 Å². The van der Waals surface area contributed by atoms with E-state index in [0.29, 0.717) is 6.42 Å². The standard InChI is InChI=1S/C16H22N2O3/c1-16(2,3)21-15(19)18-13(9-10-17)11-12-5-7-14(20-4)8-6-12/h5-8,13H,9,11H2,1-4H3,(H,18,19). The molecule has 1 rings (SSSR count). The Bertz CT molecular complexity index is 498. The Morgan fingerprint density at radius 2 is 1.95 bits per heavy atom. The first-order valence-electron chi connectivity index (χ1n) is 6.83. The minimum Gasteiger partial charge on any atom is -0.497 e. The molecular formula is C16H22N2O3. The van der Waals surface area contributed by atoms with Crippen LogP contribution in [0.4, 0.5) is 4.79 Å². The van der Waals surface area contributed by atoms with Gasteiger partial charge >= 0.3 is 6.09 Å². The highest BCUT2D eigenvalue weighted by Gasteiger charge is 2.19. The molecule has 1 atom stereocenters. The summed E-state index contributed by atoms with van der Waals surface area (Å²) in [5.41, 5.74) is 0.466. The van der Waals surface area contributed by atoms with E-state index in [4.69, 9.17) is 14.7 Å². The number of amides is 1. The van der Waals surface area contributed by atoms with E-state index in [1.807, 2.05) is 24.3 Å². The second-order valence-electron chi connectivity index (χ2n) is 5.76. The first kappa shape index (κ1) is 16.8. The van der Waals surface area contributed by atoms with Crippen LogP contribution in [0.5, 0.6) is 5.75 Å². The number of nitrogens with zero attached hydrogens (tertiary/aromatic N) is 1. The SMILES string of the molecule is COc1ccc(CC(CC#N)NC(=O)OC(C)(C)C)cc1. The van der Waals surface area contributed by atoms with Gasteiger partial charge in [-0.2, -0.15) is 5.26 Å². The number of ether oxygens (including phenoxy) is 2. The number of rotatable bonds is 5. The van der Waals surface area contributed by atoms with Crippen LogP contribution < -0.4 is 10.1 Å². The van der Waals surface area contributed by atoms with Crippen LogP contribution in [-0.2, 0) is 11.2 Å². The van der Waals surface area contributed by atoms with Crippen molar-refractivity contribution in [2.75, 3.05) is 7.11 Å². The summed E-state index contributed by atoms with van der Waals surface area (Å²) in [7, 11) is 1.61. The number of hydrogen-bond donors (Lipinski definition) is 1. The van der Waals surface area contributed by atoms with Crippen molar-refractivity contribution >= 4 is 6.09 Å². The fraction of sp³-hybridized carbons (Fsp3) is 0.500. The van der Waals surface area contributed by atoms with E-state index in [-0.39, 0.29) is 12.5 Å². The van der Waals surface area contributed by atoms with Gasteiger partial charge in [-0.15, -0.1) is 0 Å². The summed E-state index contributed by atoms with van der Waals surface area (Å²) in [4.78, 5) is 11.8. The molecule has 0 aliphatic heterocycles. The van der Waals surface area contributed by atoms with Crippen LogP contribution >= 0.6 is 0 Å². The van der Waals surface area contributed by atoms with Gasteiger partial charge in [-0.1, -0.05) is 12.1 Å². The molecule has 0 fully saturated rings. The Labute approximate surface area is 125 Å². The van der Waals surface area contributed by atoms with Gasteiger partial charge < -0.3 is 14.8 Å². The van der Waals surface area contributed by atoms with E-state index in [9.17, 15) is 4.79 Å². The third-order valence-electron chi connectivity index (χ3n) is 2.70. The zero-order valence-corrected chi connectivity index (χ0v) is 13.0. The molecule has 0 saturated heterocycles. The lowest BCUT2D eigenvalue weighted by Gasteiger charge is -2.22. The first-order valence-corrected chi connectivity index (χ1v) is 6.83. The predicted molar refractivity (Wildman–Crippen MR) is 80.1 cm³/mol. The molecule has 0 aliphatic rings. The highest BCUT2D eigenvalue weighted by molar-refractivity contribution is 5.68. The van der Waals surface area contributed by atoms with Gasteiger partial charge in [-0.05, 0) is 44.9 Å². The van der Waals surface area contributed by atoms with Gasteiger partial charge in [0.25, 0.3) is 0 Å². The van der Waals surface area contributed by atoms with E-state index < -0.39 is 11.7 Å². The highest BCUT2D eigenvalue weighted by atomic mass is 16.6. The number of carbonyl (C=O) groups excluding carboxylic acids is 1. The number of carbonyl (C=O) groups is 1. The molecule has 5 nitrogen and oxygen atoms in total. The van der Waals surface area contributed by atoms with Crippen LogP contribution in [0.2, 0.25) is 0 Å². The van der Waals surface area contributed by atoms with Crippen molar-refractivity contribution in [1.29, 1.82) is 5.26 Å². The van der Waals surface area contributed by atoms with Gasteiger partial charge in [-0.3, -0.25) is 0 Å². The van der Waals surface area contributed by atoms with Crippen LogP contribution in [0.3, 0.4) is 0 Å². The van der Waals surface area contributed by atoms with E-state index >= 15 is 0 Å². The Balaban J connectivity index is 2.64. The van der Waals surface area contributed by atoms with Gasteiger partial charge in [0.05, 0.1) is 19.6 Å². The maximum Gasteiger partial charge on any atom is 0.407 e. The maximum absolute atomic E-state index is 11.8. The van der Waals surface area contributed by atoms with E-state index in [1.54, 1.807) is 27.9 Å². The summed E-state index contributed by atoms with van der Waals surface area (Å²) < 4.78 is 10.3. The maximum atomic E-state index is 11.8. The number of hydrogen-bond acceptors (Lipinski definition) is 4. The van der Waals surface area contributed by atoms with Gasteiger partial charge in [0.2, 0.25) is 0 Å². The summed E-state index contributed by atoms with van der Waals surface area (Å²) in [5.74, 6) is 0.774. The molecule has 0 aromatic heterocycles. The fourth-order valence-corrected chi connectivity index (χ4v) is 1.80. The van der Waals surface area contributed by atoms with Crippen LogP contribution in [0.15, 0.2) is 24.3 Å². The number of nitrogens with one attached hydrogen (secondary N) is 1. The quantitative estimate of drug-likeness (QED) is 0.904. The monoisotopic (exact) mass is 290 g/mol. The molecule has 0 aliphatic carbocycles. The zero-order chi connectivity index (χ0) is 15.9. The molecule has 0 saturated carbocycles. The smallest absolute Gasteiger partial charge is 0.407 e. The first-order chi connectivity index (χ1) is 9.84. The van der Waals surface area contributed by atoms with Crippen molar-refractivity contribution in [2.45, 2.75) is 45.3 Å². The molecule has 0 bridgehead atoms. The average molecular weight is 290 g/mol. The van der Waals surface area contributed by atoms with Gasteiger partial charge in [0, 0.05) is 6.04 Å². The molecule has 0 spiro atoms. The lowest BCUT2D eigenvalue weighted by molar-refractivity contribution is 0.0505. The normalized spacial score (nSPS) is 12.1. The Hall–Kier alpha value is -2.22. The minimum absolute atomic E-state index is 0.227. The van der Waals surface area contributed by atoms with Crippen LogP contribution in [0.25, 0.3) is 0 Å². The number of alkyl carbamates (subject to hydrolysis) is 1. The number of nitriles is 1. The van der Waals surface area contributed by atoms with Crippen molar-refractivity contribution in [3.05, 3.63) is 29.8 Å². The lowest BCUT2D eigenvalue weighted by Crippen LogP contribution is -2.40. The number of benzene rings is 1. The Kier molecular flexibility index (Phi) is 6.04. The van der Waals surface area contributed by atoms with Gasteiger partial charge in [-0.25, -0.2) is 4.79 Å². The minimum atomic E-state index is -0.554. The van der Waals surface area contributed by atoms with E-state index in [1.165, 1.54) is 0 Å². The largest absolute Gasteiger partial charge is 0.497 e. The average Bonchev–Trinajstić information content (AvgIpc) is 2.37. The molecule has 1 aromatic carbocycles. The second-order valence-corrected chi connectivity index (χ2v) is 5.76. The number of methoxy groups -OCH3 is 1. The molecule has 114 valence electrons. The molecule has 1 N–H and O–H groups in total. The Morgan fingerprint density at radius 3 is 2.43 bits per heavy atom. The molecule has 0 radical (unpaired) electrons. The summed E-state index contributed by atoms with van der Waals surface area (Å²) in [5, 5.41) is 11.6. The van der Waals surface area contributed by atoms with Crippen molar-refractivity contribution in [3.8, 4) is 11.8 Å². The third kappa shape index (κ3) is 6.66. The topological polar surface area (TPSA) is 71.3 Å². The summed E-state index contributed by atoms with van der Waals surface area (Å²) >= 11 is 0. The van der Waals surface area contributed by atoms with Crippen molar-refractivity contribution in [2.24, 2.45) is 0 Å². The van der Waals surface area contributed by atoms with Crippen molar-refractivity contribution < 1.29 is 14.3 Å². The highest BCUT2D eigenvalue weighted by Crippen LogP contribution is 2.14. The van der Waals surface area contributed by atoms with Gasteiger partial charge in [0.15, 0.2) is 0 Å². The van der Waals surface area contributed by atoms with Crippen molar-refractivity contribution in [1.82, 2.24) is 5.32 Å². The van der Waals surface area contributed by atoms with Crippen LogP contribution in [-0.4, -0.2) is 24.8 Å². The lowest BCUT2D eigenvalue weighted by atomic mass is 10.0. The third-order valence-corrected chi connectivity index (χ3v) is 2.70. The van der Waals surface area contributed by atoms with Gasteiger partial charge in [0.1, 0.15) is 11.4 Å². The van der Waals surface area contributed by atoms with Crippen molar-refractivity contribution in [3.63, 3.8) is 0 Å². The molecular weight excluding hydrogens is 268 g/mol. The molecule has 1 aromatic rings. The predicted octanol–water partition coefficient (Wildman–Crippen LogP) is 3.04.